The van der Waals surface area contributed by atoms with Crippen LogP contribution in [0.2, 0.25) is 0 Å². The van der Waals surface area contributed by atoms with Crippen LogP contribution in [0.1, 0.15) is 183 Å². The fraction of sp³-hybridized carbons (Fsp3) is 0.660. The van der Waals surface area contributed by atoms with Crippen molar-refractivity contribution in [2.75, 3.05) is 24.5 Å². The Morgan fingerprint density at radius 1 is 0.689 bits per heavy atom. The van der Waals surface area contributed by atoms with Gasteiger partial charge >= 0.3 is 11.3 Å². The summed E-state index contributed by atoms with van der Waals surface area (Å²) in [5, 5.41) is 12.1. The SMILES string of the molecule is CCCCCCCCOc1ccc(NS(=O)Oc2cc(C(C)(C)CC(C)(C)C)ccc2OCCCCCCCC)cc1OS(=O)NCC(C)c1nnc2cc(C(C)(C)C)[nH]n12. The van der Waals surface area contributed by atoms with Crippen molar-refractivity contribution < 1.29 is 26.3 Å². The van der Waals surface area contributed by atoms with Crippen molar-refractivity contribution >= 4 is 33.9 Å². The smallest absolute Gasteiger partial charge is 0.316 e. The standard InChI is InChI=1S/C47H76N6O6S2/c1-12-14-16-18-20-22-28-56-38-26-24-36(47(10,11)34-45(4,5)6)30-40(38)59-61(55)52-37-25-27-39(57-29-23-21-19-17-15-13-2)41(31-37)58-60(54)48-33-35(3)44-50-49-43-32-42(46(7,8)9)51-53(43)44/h24-27,30-32,35,48,51-52H,12-23,28-29,33-34H2,1-11H3. The molecule has 0 aliphatic rings. The lowest BCUT2D eigenvalue weighted by molar-refractivity contribution is 0.281. The summed E-state index contributed by atoms with van der Waals surface area (Å²) in [6.07, 6.45) is 14.6. The lowest BCUT2D eigenvalue weighted by Gasteiger charge is -2.33. The first-order valence-corrected chi connectivity index (χ1v) is 24.7. The molecule has 3 atom stereocenters. The van der Waals surface area contributed by atoms with E-state index in [0.717, 1.165) is 55.4 Å². The second kappa shape index (κ2) is 23.7. The van der Waals surface area contributed by atoms with Gasteiger partial charge in [0.15, 0.2) is 34.5 Å². The van der Waals surface area contributed by atoms with Gasteiger partial charge in [-0.15, -0.1) is 10.2 Å². The Balaban J connectivity index is 1.48. The molecule has 2 aromatic heterocycles. The molecule has 0 saturated heterocycles. The molecule has 12 nitrogen and oxygen atoms in total. The molecule has 0 fully saturated rings. The van der Waals surface area contributed by atoms with Gasteiger partial charge in [-0.2, -0.15) is 8.42 Å². The largest absolute Gasteiger partial charge is 0.490 e. The maximum absolute atomic E-state index is 13.7. The Labute approximate surface area is 372 Å². The van der Waals surface area contributed by atoms with E-state index in [1.54, 1.807) is 18.2 Å². The molecule has 14 heteroatoms. The molecule has 342 valence electrons. The summed E-state index contributed by atoms with van der Waals surface area (Å²) in [5.74, 6) is 2.20. The summed E-state index contributed by atoms with van der Waals surface area (Å²) in [5.41, 5.74) is 3.15. The van der Waals surface area contributed by atoms with E-state index in [1.807, 2.05) is 29.6 Å². The summed E-state index contributed by atoms with van der Waals surface area (Å²) >= 11 is -3.97. The lowest BCUT2D eigenvalue weighted by atomic mass is 9.72. The minimum Gasteiger partial charge on any atom is -0.490 e. The maximum Gasteiger partial charge on any atom is 0.316 e. The van der Waals surface area contributed by atoms with E-state index in [0.29, 0.717) is 48.5 Å². The number of fused-ring (bicyclic) bond motifs is 1. The zero-order chi connectivity index (χ0) is 44.6. The number of aromatic amines is 1. The van der Waals surface area contributed by atoms with Gasteiger partial charge in [0.25, 0.3) is 11.3 Å². The molecular weight excluding hydrogens is 809 g/mol. The highest BCUT2D eigenvalue weighted by molar-refractivity contribution is 7.82. The molecule has 0 aliphatic carbocycles. The zero-order valence-electron chi connectivity index (χ0n) is 39.0. The molecule has 4 rings (SSSR count). The Bertz CT molecular complexity index is 1980. The van der Waals surface area contributed by atoms with E-state index < -0.39 is 22.5 Å². The predicted molar refractivity (Wildman–Crippen MR) is 251 cm³/mol. The highest BCUT2D eigenvalue weighted by Gasteiger charge is 2.29. The van der Waals surface area contributed by atoms with Crippen LogP contribution in [-0.4, -0.2) is 48.0 Å². The van der Waals surface area contributed by atoms with Crippen molar-refractivity contribution in [2.45, 2.75) is 176 Å². The van der Waals surface area contributed by atoms with Crippen LogP contribution in [0.4, 0.5) is 5.69 Å². The van der Waals surface area contributed by atoms with Crippen molar-refractivity contribution in [3.63, 3.8) is 0 Å². The van der Waals surface area contributed by atoms with E-state index in [1.165, 1.54) is 44.9 Å². The van der Waals surface area contributed by atoms with Crippen LogP contribution >= 0.6 is 0 Å². The molecule has 4 aromatic rings. The molecule has 0 saturated carbocycles. The van der Waals surface area contributed by atoms with Crippen molar-refractivity contribution in [1.29, 1.82) is 0 Å². The molecule has 0 bridgehead atoms. The number of anilines is 1. The predicted octanol–water partition coefficient (Wildman–Crippen LogP) is 12.0. The number of H-pyrrole nitrogens is 1. The Morgan fingerprint density at radius 3 is 1.84 bits per heavy atom. The molecule has 0 aliphatic heterocycles. The normalized spacial score (nSPS) is 13.9. The van der Waals surface area contributed by atoms with E-state index in [9.17, 15) is 8.42 Å². The third-order valence-electron chi connectivity index (χ3n) is 10.7. The fourth-order valence-electron chi connectivity index (χ4n) is 7.52. The monoisotopic (exact) mass is 885 g/mol. The van der Waals surface area contributed by atoms with E-state index in [4.69, 9.17) is 17.8 Å². The van der Waals surface area contributed by atoms with E-state index in [2.05, 4.69) is 100 Å². The van der Waals surface area contributed by atoms with Crippen molar-refractivity contribution in [2.24, 2.45) is 5.41 Å². The minimum absolute atomic E-state index is 0.0791. The van der Waals surface area contributed by atoms with Gasteiger partial charge in [0.05, 0.1) is 18.9 Å². The fourth-order valence-corrected chi connectivity index (χ4v) is 8.92. The van der Waals surface area contributed by atoms with Crippen LogP contribution in [0.25, 0.3) is 5.65 Å². The zero-order valence-corrected chi connectivity index (χ0v) is 40.7. The lowest BCUT2D eigenvalue weighted by Crippen LogP contribution is -2.27. The van der Waals surface area contributed by atoms with Gasteiger partial charge in [0, 0.05) is 35.7 Å². The van der Waals surface area contributed by atoms with Crippen LogP contribution in [0.5, 0.6) is 23.0 Å². The first-order valence-electron chi connectivity index (χ1n) is 22.6. The molecule has 0 amide bonds. The number of hydrogen-bond acceptors (Lipinski definition) is 8. The van der Waals surface area contributed by atoms with Gasteiger partial charge in [0.2, 0.25) is 0 Å². The molecule has 0 radical (unpaired) electrons. The van der Waals surface area contributed by atoms with E-state index in [-0.39, 0.29) is 27.9 Å². The van der Waals surface area contributed by atoms with Gasteiger partial charge in [-0.1, -0.05) is 146 Å². The van der Waals surface area contributed by atoms with Crippen molar-refractivity contribution in [3.05, 3.63) is 59.5 Å². The van der Waals surface area contributed by atoms with Crippen LogP contribution in [0, 0.1) is 5.41 Å². The van der Waals surface area contributed by atoms with Gasteiger partial charge in [-0.3, -0.25) is 9.82 Å². The number of benzene rings is 2. The Hall–Kier alpha value is -3.62. The van der Waals surface area contributed by atoms with Crippen LogP contribution < -0.4 is 27.3 Å². The van der Waals surface area contributed by atoms with Crippen LogP contribution in [0.3, 0.4) is 0 Å². The first-order chi connectivity index (χ1) is 28.9. The second-order valence-corrected chi connectivity index (χ2v) is 21.1. The summed E-state index contributed by atoms with van der Waals surface area (Å²) in [4.78, 5) is 0. The van der Waals surface area contributed by atoms with Gasteiger partial charge in [0.1, 0.15) is 0 Å². The topological polar surface area (TPSA) is 141 Å². The number of nitrogens with zero attached hydrogens (tertiary/aromatic N) is 3. The Kier molecular flexibility index (Phi) is 19.5. The van der Waals surface area contributed by atoms with Crippen LogP contribution in [0.15, 0.2) is 42.5 Å². The number of hydrogen-bond donors (Lipinski definition) is 3. The van der Waals surface area contributed by atoms with Crippen molar-refractivity contribution in [3.8, 4) is 23.0 Å². The maximum atomic E-state index is 13.7. The Morgan fingerprint density at radius 2 is 1.25 bits per heavy atom. The summed E-state index contributed by atoms with van der Waals surface area (Å²) in [6.45, 7) is 25.3. The number of rotatable bonds is 28. The summed E-state index contributed by atoms with van der Waals surface area (Å²) < 4.78 is 59.5. The molecule has 0 spiro atoms. The first kappa shape index (κ1) is 50.0. The second-order valence-electron chi connectivity index (χ2n) is 19.3. The number of aromatic nitrogens is 4. The number of unbranched alkanes of at least 4 members (excludes halogenated alkanes) is 10. The number of ether oxygens (including phenoxy) is 2. The van der Waals surface area contributed by atoms with Gasteiger partial charge in [-0.25, -0.2) is 9.24 Å². The van der Waals surface area contributed by atoms with Gasteiger partial charge < -0.3 is 17.8 Å². The van der Waals surface area contributed by atoms with Crippen LogP contribution in [-0.2, 0) is 33.4 Å². The molecular formula is C47H76N6O6S2. The molecule has 3 N–H and O–H groups in total. The average molecular weight is 885 g/mol. The number of nitrogens with one attached hydrogen (secondary N) is 3. The highest BCUT2D eigenvalue weighted by Crippen LogP contribution is 2.40. The molecule has 2 aromatic carbocycles. The minimum atomic E-state index is -2.02. The average Bonchev–Trinajstić information content (AvgIpc) is 3.79. The van der Waals surface area contributed by atoms with E-state index >= 15 is 0 Å². The third-order valence-corrected chi connectivity index (χ3v) is 12.1. The summed E-state index contributed by atoms with van der Waals surface area (Å²) in [7, 11) is 0. The highest BCUT2D eigenvalue weighted by atomic mass is 32.2. The summed E-state index contributed by atoms with van der Waals surface area (Å²) in [6, 6.07) is 13.1. The molecule has 61 heavy (non-hydrogen) atoms. The van der Waals surface area contributed by atoms with Gasteiger partial charge in [-0.05, 0) is 59.9 Å². The third kappa shape index (κ3) is 16.5. The molecule has 3 unspecified atom stereocenters. The van der Waals surface area contributed by atoms with Crippen molar-refractivity contribution in [1.82, 2.24) is 24.5 Å². The molecule has 2 heterocycles. The quantitative estimate of drug-likeness (QED) is 0.0479.